The molecule has 0 atom stereocenters. The first-order valence-corrected chi connectivity index (χ1v) is 6.95. The van der Waals surface area contributed by atoms with Crippen LogP contribution in [0.25, 0.3) is 0 Å². The summed E-state index contributed by atoms with van der Waals surface area (Å²) in [6, 6.07) is 5.27. The highest BCUT2D eigenvalue weighted by atomic mass is 35.5. The van der Waals surface area contributed by atoms with Crippen LogP contribution in [0.15, 0.2) is 30.0 Å². The minimum Gasteiger partial charge on any atom is -0.456 e. The minimum absolute atomic E-state index is 0.104. The molecular weight excluding hydrogens is 278 g/mol. The average Bonchev–Trinajstić information content (AvgIpc) is 2.82. The van der Waals surface area contributed by atoms with Gasteiger partial charge >= 0.3 is 5.97 Å². The molecule has 0 saturated carbocycles. The standard InChI is InChI=1S/C15H16ClNO3/c1-2-3-4-10-5-6-11(7-13(10)16)15(19)17-12-8-14(18)20-9-12/h5-8H,2-4,9H2,1H3,(H,17,19). The Morgan fingerprint density at radius 1 is 1.45 bits per heavy atom. The van der Waals surface area contributed by atoms with Gasteiger partial charge in [-0.05, 0) is 30.5 Å². The number of cyclic esters (lactones) is 1. The Balaban J connectivity index is 2.05. The Bertz CT molecular complexity index is 566. The van der Waals surface area contributed by atoms with Gasteiger partial charge < -0.3 is 10.1 Å². The van der Waals surface area contributed by atoms with Crippen molar-refractivity contribution in [1.29, 1.82) is 0 Å². The topological polar surface area (TPSA) is 55.4 Å². The second kappa shape index (κ2) is 6.57. The molecule has 0 aliphatic carbocycles. The minimum atomic E-state index is -0.437. The summed E-state index contributed by atoms with van der Waals surface area (Å²) in [4.78, 5) is 22.9. The molecular formula is C15H16ClNO3. The predicted molar refractivity (Wildman–Crippen MR) is 76.6 cm³/mol. The highest BCUT2D eigenvalue weighted by Gasteiger charge is 2.16. The van der Waals surface area contributed by atoms with Crippen molar-refractivity contribution in [2.75, 3.05) is 6.61 Å². The molecule has 1 N–H and O–H groups in total. The maximum Gasteiger partial charge on any atom is 0.333 e. The number of hydrogen-bond acceptors (Lipinski definition) is 3. The molecule has 5 heteroatoms. The third-order valence-corrected chi connectivity index (χ3v) is 3.40. The molecule has 1 amide bonds. The second-order valence-electron chi connectivity index (χ2n) is 4.64. The maximum absolute atomic E-state index is 12.0. The van der Waals surface area contributed by atoms with Gasteiger partial charge in [0, 0.05) is 16.7 Å². The fourth-order valence-corrected chi connectivity index (χ4v) is 2.20. The van der Waals surface area contributed by atoms with Crippen molar-refractivity contribution in [3.05, 3.63) is 46.1 Å². The van der Waals surface area contributed by atoms with Gasteiger partial charge in [-0.25, -0.2) is 4.79 Å². The summed E-state index contributed by atoms with van der Waals surface area (Å²) >= 11 is 6.18. The number of halogens is 1. The second-order valence-corrected chi connectivity index (χ2v) is 5.05. The van der Waals surface area contributed by atoms with Crippen LogP contribution in [0.2, 0.25) is 5.02 Å². The Labute approximate surface area is 122 Å². The van der Waals surface area contributed by atoms with Crippen LogP contribution in [0.5, 0.6) is 0 Å². The summed E-state index contributed by atoms with van der Waals surface area (Å²) < 4.78 is 4.72. The zero-order valence-corrected chi connectivity index (χ0v) is 12.0. The lowest BCUT2D eigenvalue weighted by Crippen LogP contribution is -2.23. The molecule has 1 aliphatic rings. The van der Waals surface area contributed by atoms with Crippen molar-refractivity contribution in [2.45, 2.75) is 26.2 Å². The van der Waals surface area contributed by atoms with Crippen molar-refractivity contribution in [2.24, 2.45) is 0 Å². The summed E-state index contributed by atoms with van der Waals surface area (Å²) in [5.41, 5.74) is 1.98. The number of carbonyl (C=O) groups is 2. The summed E-state index contributed by atoms with van der Waals surface area (Å²) in [7, 11) is 0. The van der Waals surface area contributed by atoms with Crippen molar-refractivity contribution in [3.8, 4) is 0 Å². The molecule has 1 aliphatic heterocycles. The van der Waals surface area contributed by atoms with E-state index in [-0.39, 0.29) is 12.5 Å². The van der Waals surface area contributed by atoms with Crippen LogP contribution in [0.1, 0.15) is 35.7 Å². The predicted octanol–water partition coefficient (Wildman–Crippen LogP) is 2.85. The fraction of sp³-hybridized carbons (Fsp3) is 0.333. The van der Waals surface area contributed by atoms with Gasteiger partial charge in [0.1, 0.15) is 6.61 Å². The van der Waals surface area contributed by atoms with Crippen LogP contribution < -0.4 is 5.32 Å². The van der Waals surface area contributed by atoms with Gasteiger partial charge in [-0.15, -0.1) is 0 Å². The van der Waals surface area contributed by atoms with E-state index in [1.807, 2.05) is 6.07 Å². The third-order valence-electron chi connectivity index (χ3n) is 3.05. The molecule has 0 saturated heterocycles. The van der Waals surface area contributed by atoms with Crippen molar-refractivity contribution in [3.63, 3.8) is 0 Å². The molecule has 0 spiro atoms. The van der Waals surface area contributed by atoms with E-state index in [1.165, 1.54) is 6.08 Å². The van der Waals surface area contributed by atoms with E-state index < -0.39 is 5.97 Å². The van der Waals surface area contributed by atoms with E-state index in [0.29, 0.717) is 16.3 Å². The Morgan fingerprint density at radius 2 is 2.25 bits per heavy atom. The maximum atomic E-state index is 12.0. The number of rotatable bonds is 5. The molecule has 1 heterocycles. The van der Waals surface area contributed by atoms with E-state index in [1.54, 1.807) is 12.1 Å². The summed E-state index contributed by atoms with van der Waals surface area (Å²) in [5.74, 6) is -0.730. The van der Waals surface area contributed by atoms with E-state index in [0.717, 1.165) is 24.8 Å². The molecule has 0 fully saturated rings. The van der Waals surface area contributed by atoms with Crippen molar-refractivity contribution < 1.29 is 14.3 Å². The van der Waals surface area contributed by atoms with Gasteiger partial charge in [0.25, 0.3) is 5.91 Å². The highest BCUT2D eigenvalue weighted by Crippen LogP contribution is 2.20. The molecule has 4 nitrogen and oxygen atoms in total. The van der Waals surface area contributed by atoms with Gasteiger partial charge in [0.2, 0.25) is 0 Å². The first kappa shape index (κ1) is 14.6. The number of benzene rings is 1. The molecule has 106 valence electrons. The molecule has 0 aromatic heterocycles. The zero-order chi connectivity index (χ0) is 14.5. The molecule has 0 bridgehead atoms. The average molecular weight is 294 g/mol. The zero-order valence-electron chi connectivity index (χ0n) is 11.2. The highest BCUT2D eigenvalue weighted by molar-refractivity contribution is 6.31. The van der Waals surface area contributed by atoms with Crippen LogP contribution in [-0.2, 0) is 16.0 Å². The van der Waals surface area contributed by atoms with Crippen LogP contribution in [0, 0.1) is 0 Å². The Morgan fingerprint density at radius 3 is 2.85 bits per heavy atom. The molecule has 1 aromatic rings. The lowest BCUT2D eigenvalue weighted by molar-refractivity contribution is -0.134. The Kier molecular flexibility index (Phi) is 4.79. The van der Waals surface area contributed by atoms with Gasteiger partial charge in [0.05, 0.1) is 5.70 Å². The third kappa shape index (κ3) is 3.61. The van der Waals surface area contributed by atoms with Crippen LogP contribution in [-0.4, -0.2) is 18.5 Å². The van der Waals surface area contributed by atoms with E-state index in [9.17, 15) is 9.59 Å². The molecule has 1 aromatic carbocycles. The van der Waals surface area contributed by atoms with Crippen molar-refractivity contribution in [1.82, 2.24) is 5.32 Å². The first-order valence-electron chi connectivity index (χ1n) is 6.57. The monoisotopic (exact) mass is 293 g/mol. The number of amides is 1. The van der Waals surface area contributed by atoms with Gasteiger partial charge in [-0.2, -0.15) is 0 Å². The molecule has 20 heavy (non-hydrogen) atoms. The normalized spacial score (nSPS) is 13.9. The molecule has 0 radical (unpaired) electrons. The van der Waals surface area contributed by atoms with Crippen LogP contribution >= 0.6 is 11.6 Å². The van der Waals surface area contributed by atoms with E-state index >= 15 is 0 Å². The summed E-state index contributed by atoms with van der Waals surface area (Å²) in [6.45, 7) is 2.22. The van der Waals surface area contributed by atoms with E-state index in [4.69, 9.17) is 16.3 Å². The lowest BCUT2D eigenvalue weighted by Gasteiger charge is -2.08. The van der Waals surface area contributed by atoms with Gasteiger partial charge in [-0.3, -0.25) is 4.79 Å². The number of carbonyl (C=O) groups excluding carboxylic acids is 2. The molecule has 2 rings (SSSR count). The smallest absolute Gasteiger partial charge is 0.333 e. The van der Waals surface area contributed by atoms with E-state index in [2.05, 4.69) is 12.2 Å². The number of nitrogens with one attached hydrogen (secondary N) is 1. The largest absolute Gasteiger partial charge is 0.456 e. The molecule has 0 unspecified atom stereocenters. The Hall–Kier alpha value is -1.81. The number of ether oxygens (including phenoxy) is 1. The van der Waals surface area contributed by atoms with Crippen LogP contribution in [0.4, 0.5) is 0 Å². The number of hydrogen-bond donors (Lipinski definition) is 1. The summed E-state index contributed by atoms with van der Waals surface area (Å²) in [6.07, 6.45) is 4.35. The first-order chi connectivity index (χ1) is 9.60. The van der Waals surface area contributed by atoms with Crippen LogP contribution in [0.3, 0.4) is 0 Å². The number of aryl methyl sites for hydroxylation is 1. The quantitative estimate of drug-likeness (QED) is 0.849. The van der Waals surface area contributed by atoms with Crippen molar-refractivity contribution >= 4 is 23.5 Å². The van der Waals surface area contributed by atoms with Gasteiger partial charge in [-0.1, -0.05) is 31.0 Å². The summed E-state index contributed by atoms with van der Waals surface area (Å²) in [5, 5.41) is 3.23. The fourth-order valence-electron chi connectivity index (χ4n) is 1.92. The van der Waals surface area contributed by atoms with Gasteiger partial charge in [0.15, 0.2) is 0 Å². The SMILES string of the molecule is CCCCc1ccc(C(=O)NC2=CC(=O)OC2)cc1Cl. The lowest BCUT2D eigenvalue weighted by atomic mass is 10.1. The number of unbranched alkanes of at least 4 members (excludes halogenated alkanes) is 1. The number of esters is 1.